The van der Waals surface area contributed by atoms with Crippen molar-refractivity contribution in [1.82, 2.24) is 9.88 Å². The summed E-state index contributed by atoms with van der Waals surface area (Å²) in [7, 11) is 0. The number of amides is 1. The summed E-state index contributed by atoms with van der Waals surface area (Å²) in [6.45, 7) is 10.3. The zero-order valence-corrected chi connectivity index (χ0v) is 22.2. The summed E-state index contributed by atoms with van der Waals surface area (Å²) >= 11 is 1.53. The van der Waals surface area contributed by atoms with Crippen LogP contribution in [0.1, 0.15) is 49.9 Å². The number of unbranched alkanes of at least 4 members (excludes halogenated alkanes) is 2. The standard InChI is InChI=1S/C28H37N3O4S/c1-3-5-6-18-35-23-11-7-10-22(21-23)27(32)31(15-9-14-30-16-19-33-20-17-30)28-29-26-24(34-4-2)12-8-13-25(26)36-28/h7-8,10-13,21H,3-6,9,14-20H2,1-2H3. The number of rotatable bonds is 13. The van der Waals surface area contributed by atoms with Crippen molar-refractivity contribution in [3.8, 4) is 11.5 Å². The Morgan fingerprint density at radius 1 is 1.08 bits per heavy atom. The van der Waals surface area contributed by atoms with Gasteiger partial charge in [-0.25, -0.2) is 4.98 Å². The van der Waals surface area contributed by atoms with Crippen LogP contribution in [-0.4, -0.2) is 68.4 Å². The first kappa shape index (κ1) is 26.4. The summed E-state index contributed by atoms with van der Waals surface area (Å²) in [5, 5.41) is 0.693. The largest absolute Gasteiger partial charge is 0.494 e. The zero-order valence-electron chi connectivity index (χ0n) is 21.4. The smallest absolute Gasteiger partial charge is 0.260 e. The van der Waals surface area contributed by atoms with E-state index >= 15 is 0 Å². The topological polar surface area (TPSA) is 64.1 Å². The van der Waals surface area contributed by atoms with Crippen molar-refractivity contribution in [1.29, 1.82) is 0 Å². The summed E-state index contributed by atoms with van der Waals surface area (Å²) in [5.74, 6) is 1.42. The van der Waals surface area contributed by atoms with Crippen LogP contribution in [0.2, 0.25) is 0 Å². The Morgan fingerprint density at radius 2 is 1.92 bits per heavy atom. The van der Waals surface area contributed by atoms with Crippen LogP contribution >= 0.6 is 11.3 Å². The van der Waals surface area contributed by atoms with Gasteiger partial charge in [0.05, 0.1) is 31.1 Å². The number of thiazole rings is 1. The van der Waals surface area contributed by atoms with Crippen molar-refractivity contribution in [3.63, 3.8) is 0 Å². The lowest BCUT2D eigenvalue weighted by molar-refractivity contribution is 0.0376. The number of nitrogens with zero attached hydrogens (tertiary/aromatic N) is 3. The highest BCUT2D eigenvalue weighted by atomic mass is 32.1. The number of carbonyl (C=O) groups excluding carboxylic acids is 1. The molecule has 8 heteroatoms. The second-order valence-electron chi connectivity index (χ2n) is 8.88. The lowest BCUT2D eigenvalue weighted by Gasteiger charge is -2.27. The normalized spacial score (nSPS) is 14.2. The number of para-hydroxylation sites is 1. The van der Waals surface area contributed by atoms with E-state index in [0.717, 1.165) is 80.2 Å². The molecule has 0 aliphatic carbocycles. The molecule has 4 rings (SSSR count). The van der Waals surface area contributed by atoms with Crippen molar-refractivity contribution in [3.05, 3.63) is 48.0 Å². The Bertz CT molecular complexity index is 1110. The van der Waals surface area contributed by atoms with E-state index in [1.165, 1.54) is 11.3 Å². The van der Waals surface area contributed by atoms with Gasteiger partial charge in [-0.3, -0.25) is 14.6 Å². The van der Waals surface area contributed by atoms with E-state index in [1.54, 1.807) is 0 Å². The summed E-state index contributed by atoms with van der Waals surface area (Å²) in [4.78, 5) is 22.9. The van der Waals surface area contributed by atoms with E-state index in [4.69, 9.17) is 19.2 Å². The average Bonchev–Trinajstić information content (AvgIpc) is 3.35. The Hall–Kier alpha value is -2.68. The molecule has 1 aromatic heterocycles. The molecule has 2 heterocycles. The van der Waals surface area contributed by atoms with Crippen LogP contribution in [0, 0.1) is 0 Å². The predicted molar refractivity (Wildman–Crippen MR) is 146 cm³/mol. The minimum Gasteiger partial charge on any atom is -0.494 e. The average molecular weight is 512 g/mol. The molecule has 1 amide bonds. The van der Waals surface area contributed by atoms with E-state index in [9.17, 15) is 4.79 Å². The molecule has 0 bridgehead atoms. The molecule has 0 unspecified atom stereocenters. The van der Waals surface area contributed by atoms with Crippen LogP contribution in [0.3, 0.4) is 0 Å². The molecule has 1 aliphatic heterocycles. The van der Waals surface area contributed by atoms with Crippen molar-refractivity contribution < 1.29 is 19.0 Å². The third kappa shape index (κ3) is 6.96. The van der Waals surface area contributed by atoms with Gasteiger partial charge in [0, 0.05) is 31.7 Å². The molecule has 7 nitrogen and oxygen atoms in total. The van der Waals surface area contributed by atoms with E-state index < -0.39 is 0 Å². The van der Waals surface area contributed by atoms with Crippen molar-refractivity contribution in [2.75, 3.05) is 57.5 Å². The summed E-state index contributed by atoms with van der Waals surface area (Å²) in [6.07, 6.45) is 4.15. The van der Waals surface area contributed by atoms with Gasteiger partial charge < -0.3 is 14.2 Å². The Balaban J connectivity index is 1.55. The maximum Gasteiger partial charge on any atom is 0.260 e. The number of aromatic nitrogens is 1. The monoisotopic (exact) mass is 511 g/mol. The molecule has 1 aliphatic rings. The number of ether oxygens (including phenoxy) is 3. The van der Waals surface area contributed by atoms with E-state index in [-0.39, 0.29) is 5.91 Å². The SMILES string of the molecule is CCCCCOc1cccc(C(=O)N(CCCN2CCOCC2)c2nc3c(OCC)cccc3s2)c1. The highest BCUT2D eigenvalue weighted by molar-refractivity contribution is 7.22. The fourth-order valence-corrected chi connectivity index (χ4v) is 5.28. The second kappa shape index (κ2) is 13.6. The molecule has 194 valence electrons. The number of morpholine rings is 1. The molecule has 2 aromatic carbocycles. The van der Waals surface area contributed by atoms with Crippen molar-refractivity contribution in [2.45, 2.75) is 39.5 Å². The van der Waals surface area contributed by atoms with Crippen LogP contribution in [0.25, 0.3) is 10.2 Å². The lowest BCUT2D eigenvalue weighted by Crippen LogP contribution is -2.39. The minimum atomic E-state index is -0.0620. The molecule has 0 saturated carbocycles. The maximum atomic E-state index is 13.8. The highest BCUT2D eigenvalue weighted by Crippen LogP contribution is 2.35. The van der Waals surface area contributed by atoms with Gasteiger partial charge in [-0.1, -0.05) is 43.2 Å². The van der Waals surface area contributed by atoms with Crippen LogP contribution in [-0.2, 0) is 4.74 Å². The van der Waals surface area contributed by atoms with E-state index in [0.29, 0.717) is 30.5 Å². The van der Waals surface area contributed by atoms with Gasteiger partial charge in [0.2, 0.25) is 0 Å². The fraction of sp³-hybridized carbons (Fsp3) is 0.500. The number of hydrogen-bond acceptors (Lipinski definition) is 7. The molecule has 1 saturated heterocycles. The van der Waals surface area contributed by atoms with E-state index in [2.05, 4.69) is 11.8 Å². The van der Waals surface area contributed by atoms with Crippen LogP contribution in [0.15, 0.2) is 42.5 Å². The second-order valence-corrected chi connectivity index (χ2v) is 9.89. The first-order valence-electron chi connectivity index (χ1n) is 13.1. The molecule has 0 radical (unpaired) electrons. The van der Waals surface area contributed by atoms with E-state index in [1.807, 2.05) is 54.3 Å². The first-order valence-corrected chi connectivity index (χ1v) is 13.9. The predicted octanol–water partition coefficient (Wildman–Crippen LogP) is 5.63. The van der Waals surface area contributed by atoms with Gasteiger partial charge in [0.25, 0.3) is 5.91 Å². The summed E-state index contributed by atoms with van der Waals surface area (Å²) < 4.78 is 18.2. The third-order valence-electron chi connectivity index (χ3n) is 6.20. The Morgan fingerprint density at radius 3 is 2.72 bits per heavy atom. The zero-order chi connectivity index (χ0) is 25.2. The number of anilines is 1. The molecule has 3 aromatic rings. The Kier molecular flexibility index (Phi) is 9.95. The number of carbonyl (C=O) groups is 1. The third-order valence-corrected chi connectivity index (χ3v) is 7.25. The summed E-state index contributed by atoms with van der Waals surface area (Å²) in [6, 6.07) is 13.4. The highest BCUT2D eigenvalue weighted by Gasteiger charge is 2.23. The molecule has 36 heavy (non-hydrogen) atoms. The van der Waals surface area contributed by atoms with Gasteiger partial charge in [0.1, 0.15) is 17.0 Å². The van der Waals surface area contributed by atoms with Crippen LogP contribution in [0.5, 0.6) is 11.5 Å². The molecular weight excluding hydrogens is 474 g/mol. The molecule has 0 spiro atoms. The van der Waals surface area contributed by atoms with Gasteiger partial charge in [-0.05, 0) is 50.1 Å². The van der Waals surface area contributed by atoms with Crippen molar-refractivity contribution in [2.24, 2.45) is 0 Å². The molecular formula is C28H37N3O4S. The lowest BCUT2D eigenvalue weighted by atomic mass is 10.2. The fourth-order valence-electron chi connectivity index (χ4n) is 4.28. The quantitative estimate of drug-likeness (QED) is 0.277. The Labute approximate surface area is 218 Å². The van der Waals surface area contributed by atoms with Crippen LogP contribution in [0.4, 0.5) is 5.13 Å². The molecule has 0 N–H and O–H groups in total. The van der Waals surface area contributed by atoms with Gasteiger partial charge in [-0.15, -0.1) is 0 Å². The van der Waals surface area contributed by atoms with Gasteiger partial charge in [0.15, 0.2) is 5.13 Å². The van der Waals surface area contributed by atoms with Gasteiger partial charge in [-0.2, -0.15) is 0 Å². The number of hydrogen-bond donors (Lipinski definition) is 0. The summed E-state index contributed by atoms with van der Waals surface area (Å²) in [5.41, 5.74) is 1.41. The molecule has 0 atom stereocenters. The number of benzene rings is 2. The molecule has 1 fully saturated rings. The van der Waals surface area contributed by atoms with Crippen molar-refractivity contribution >= 4 is 32.6 Å². The van der Waals surface area contributed by atoms with Crippen LogP contribution < -0.4 is 14.4 Å². The minimum absolute atomic E-state index is 0.0620. The number of fused-ring (bicyclic) bond motifs is 1. The van der Waals surface area contributed by atoms with Gasteiger partial charge >= 0.3 is 0 Å². The first-order chi connectivity index (χ1) is 17.7. The maximum absolute atomic E-state index is 13.8.